The highest BCUT2D eigenvalue weighted by molar-refractivity contribution is 4.96. The lowest BCUT2D eigenvalue weighted by atomic mass is 9.97. The number of aliphatic hydroxyl groups excluding tert-OH is 1. The number of hydrogen-bond donors (Lipinski definition) is 1. The quantitative estimate of drug-likeness (QED) is 0.749. The zero-order valence-electron chi connectivity index (χ0n) is 7.40. The van der Waals surface area contributed by atoms with Crippen LogP contribution in [0, 0.1) is 5.41 Å². The van der Waals surface area contributed by atoms with Gasteiger partial charge >= 0.3 is 6.36 Å². The molecule has 0 aliphatic heterocycles. The Morgan fingerprint density at radius 3 is 2.31 bits per heavy atom. The van der Waals surface area contributed by atoms with Crippen molar-refractivity contribution in [2.24, 2.45) is 5.41 Å². The molecule has 1 atom stereocenters. The van der Waals surface area contributed by atoms with E-state index in [0.717, 1.165) is 12.8 Å². The van der Waals surface area contributed by atoms with Gasteiger partial charge in [0.1, 0.15) is 0 Å². The minimum atomic E-state index is -4.55. The lowest BCUT2D eigenvalue weighted by Crippen LogP contribution is -2.22. The van der Waals surface area contributed by atoms with Gasteiger partial charge in [0.25, 0.3) is 0 Å². The van der Waals surface area contributed by atoms with Gasteiger partial charge in [-0.1, -0.05) is 0 Å². The van der Waals surface area contributed by atoms with Crippen molar-refractivity contribution in [1.29, 1.82) is 0 Å². The molecule has 1 aliphatic carbocycles. The molecule has 78 valence electrons. The molecule has 0 saturated heterocycles. The minimum Gasteiger partial charge on any atom is -0.393 e. The first kappa shape index (κ1) is 10.8. The van der Waals surface area contributed by atoms with E-state index in [2.05, 4.69) is 4.74 Å². The van der Waals surface area contributed by atoms with Crippen molar-refractivity contribution in [1.82, 2.24) is 0 Å². The lowest BCUT2D eigenvalue weighted by Gasteiger charge is -2.18. The molecular weight excluding hydrogens is 185 g/mol. The molecule has 5 heteroatoms. The SMILES string of the molecule is CC(O)C1(CCOC(F)(F)F)CC1. The van der Waals surface area contributed by atoms with Crippen LogP contribution in [0.2, 0.25) is 0 Å². The third-order valence-electron chi connectivity index (χ3n) is 2.64. The number of aliphatic hydroxyl groups is 1. The van der Waals surface area contributed by atoms with E-state index in [1.807, 2.05) is 0 Å². The van der Waals surface area contributed by atoms with Gasteiger partial charge < -0.3 is 5.11 Å². The Kier molecular flexibility index (Phi) is 2.87. The zero-order valence-corrected chi connectivity index (χ0v) is 7.40. The second-order valence-electron chi connectivity index (χ2n) is 3.58. The van der Waals surface area contributed by atoms with Gasteiger partial charge in [0.15, 0.2) is 0 Å². The lowest BCUT2D eigenvalue weighted by molar-refractivity contribution is -0.326. The summed E-state index contributed by atoms with van der Waals surface area (Å²) >= 11 is 0. The van der Waals surface area contributed by atoms with Crippen LogP contribution in [0.5, 0.6) is 0 Å². The molecule has 1 unspecified atom stereocenters. The number of rotatable bonds is 4. The van der Waals surface area contributed by atoms with Crippen molar-refractivity contribution < 1.29 is 23.0 Å². The first-order chi connectivity index (χ1) is 5.86. The fourth-order valence-corrected chi connectivity index (χ4v) is 1.41. The second kappa shape index (κ2) is 3.46. The zero-order chi connectivity index (χ0) is 10.1. The summed E-state index contributed by atoms with van der Waals surface area (Å²) in [5.41, 5.74) is -0.300. The summed E-state index contributed by atoms with van der Waals surface area (Å²) in [4.78, 5) is 0. The van der Waals surface area contributed by atoms with Crippen molar-refractivity contribution in [2.75, 3.05) is 6.61 Å². The van der Waals surface area contributed by atoms with Crippen LogP contribution in [0.3, 0.4) is 0 Å². The highest BCUT2D eigenvalue weighted by Crippen LogP contribution is 2.51. The first-order valence-corrected chi connectivity index (χ1v) is 4.24. The molecule has 13 heavy (non-hydrogen) atoms. The number of hydrogen-bond acceptors (Lipinski definition) is 2. The van der Waals surface area contributed by atoms with Gasteiger partial charge in [0.2, 0.25) is 0 Å². The average Bonchev–Trinajstić information content (AvgIpc) is 2.65. The van der Waals surface area contributed by atoms with Crippen LogP contribution in [0.1, 0.15) is 26.2 Å². The van der Waals surface area contributed by atoms with Crippen molar-refractivity contribution >= 4 is 0 Å². The predicted molar refractivity (Wildman–Crippen MR) is 40.0 cm³/mol. The predicted octanol–water partition coefficient (Wildman–Crippen LogP) is 2.07. The third-order valence-corrected chi connectivity index (χ3v) is 2.64. The number of ether oxygens (including phenoxy) is 1. The molecule has 1 saturated carbocycles. The van der Waals surface area contributed by atoms with Crippen LogP contribution in [-0.2, 0) is 4.74 Å². The van der Waals surface area contributed by atoms with Crippen molar-refractivity contribution in [3.63, 3.8) is 0 Å². The molecule has 1 fully saturated rings. The summed E-state index contributed by atoms with van der Waals surface area (Å²) in [5, 5.41) is 9.24. The maximum atomic E-state index is 11.6. The summed E-state index contributed by atoms with van der Waals surface area (Å²) in [6, 6.07) is 0. The Morgan fingerprint density at radius 2 is 2.00 bits per heavy atom. The summed E-state index contributed by atoms with van der Waals surface area (Å²) in [7, 11) is 0. The van der Waals surface area contributed by atoms with E-state index in [1.165, 1.54) is 0 Å². The fourth-order valence-electron chi connectivity index (χ4n) is 1.41. The first-order valence-electron chi connectivity index (χ1n) is 4.24. The van der Waals surface area contributed by atoms with E-state index in [4.69, 9.17) is 0 Å². The molecule has 1 rings (SSSR count). The van der Waals surface area contributed by atoms with E-state index >= 15 is 0 Å². The highest BCUT2D eigenvalue weighted by Gasteiger charge is 2.46. The molecule has 0 aromatic rings. The maximum absolute atomic E-state index is 11.6. The van der Waals surface area contributed by atoms with E-state index in [9.17, 15) is 18.3 Å². The Labute approximate surface area is 74.7 Å². The molecule has 0 radical (unpaired) electrons. The number of halogens is 3. The Bertz CT molecular complexity index is 173. The van der Waals surface area contributed by atoms with E-state index in [-0.39, 0.29) is 18.4 Å². The molecule has 0 amide bonds. The van der Waals surface area contributed by atoms with Gasteiger partial charge in [-0.2, -0.15) is 0 Å². The fraction of sp³-hybridized carbons (Fsp3) is 1.00. The largest absolute Gasteiger partial charge is 0.522 e. The van der Waals surface area contributed by atoms with E-state index in [1.54, 1.807) is 6.92 Å². The van der Waals surface area contributed by atoms with Crippen molar-refractivity contribution in [3.05, 3.63) is 0 Å². The van der Waals surface area contributed by atoms with Gasteiger partial charge in [-0.25, -0.2) is 0 Å². The van der Waals surface area contributed by atoms with Gasteiger partial charge in [0.05, 0.1) is 12.7 Å². The highest BCUT2D eigenvalue weighted by atomic mass is 19.4. The standard InChI is InChI=1S/C8H13F3O2/c1-6(12)7(2-3-7)4-5-13-8(9,10)11/h6,12H,2-5H2,1H3. The van der Waals surface area contributed by atoms with Crippen LogP contribution in [0.4, 0.5) is 13.2 Å². The summed E-state index contributed by atoms with van der Waals surface area (Å²) in [6.45, 7) is 1.26. The topological polar surface area (TPSA) is 29.5 Å². The molecule has 2 nitrogen and oxygen atoms in total. The third kappa shape index (κ3) is 3.15. The molecule has 0 bridgehead atoms. The summed E-state index contributed by atoms with van der Waals surface area (Å²) < 4.78 is 38.3. The Balaban J connectivity index is 2.20. The molecular formula is C8H13F3O2. The van der Waals surface area contributed by atoms with Crippen LogP contribution >= 0.6 is 0 Å². The Hall–Kier alpha value is -0.290. The minimum absolute atomic E-state index is 0.282. The van der Waals surface area contributed by atoms with Gasteiger partial charge in [-0.05, 0) is 31.6 Å². The van der Waals surface area contributed by atoms with Crippen LogP contribution < -0.4 is 0 Å². The van der Waals surface area contributed by atoms with Gasteiger partial charge in [-0.3, -0.25) is 4.74 Å². The van der Waals surface area contributed by atoms with Crippen LogP contribution in [-0.4, -0.2) is 24.2 Å². The summed E-state index contributed by atoms with van der Waals surface area (Å²) in [5.74, 6) is 0. The summed E-state index contributed by atoms with van der Waals surface area (Å²) in [6.07, 6.45) is -3.21. The van der Waals surface area contributed by atoms with E-state index in [0.29, 0.717) is 0 Å². The Morgan fingerprint density at radius 1 is 1.46 bits per heavy atom. The smallest absolute Gasteiger partial charge is 0.393 e. The van der Waals surface area contributed by atoms with Crippen LogP contribution in [0.25, 0.3) is 0 Å². The average molecular weight is 198 g/mol. The normalized spacial score (nSPS) is 22.8. The monoisotopic (exact) mass is 198 g/mol. The van der Waals surface area contributed by atoms with Crippen LogP contribution in [0.15, 0.2) is 0 Å². The van der Waals surface area contributed by atoms with Gasteiger partial charge in [0, 0.05) is 0 Å². The van der Waals surface area contributed by atoms with Crippen molar-refractivity contribution in [3.8, 4) is 0 Å². The molecule has 1 aliphatic rings. The van der Waals surface area contributed by atoms with Crippen molar-refractivity contribution in [2.45, 2.75) is 38.7 Å². The number of alkyl halides is 3. The molecule has 0 aromatic carbocycles. The maximum Gasteiger partial charge on any atom is 0.522 e. The molecule has 1 N–H and O–H groups in total. The molecule has 0 spiro atoms. The molecule has 0 heterocycles. The second-order valence-corrected chi connectivity index (χ2v) is 3.58. The van der Waals surface area contributed by atoms with E-state index < -0.39 is 12.5 Å². The van der Waals surface area contributed by atoms with Gasteiger partial charge in [-0.15, -0.1) is 13.2 Å². The molecule has 0 aromatic heterocycles.